The van der Waals surface area contributed by atoms with E-state index < -0.39 is 0 Å². The average Bonchev–Trinajstić information content (AvgIpc) is 2.90. The summed E-state index contributed by atoms with van der Waals surface area (Å²) in [5, 5.41) is 1.67. The molecule has 2 bridgehead atoms. The molecule has 3 aromatic rings. The van der Waals surface area contributed by atoms with Crippen molar-refractivity contribution >= 4 is 27.9 Å². The Hall–Kier alpha value is -2.25. The van der Waals surface area contributed by atoms with Crippen LogP contribution >= 0.6 is 11.3 Å². The first-order valence-corrected chi connectivity index (χ1v) is 10.3. The third-order valence-corrected chi connectivity index (χ3v) is 6.80. The van der Waals surface area contributed by atoms with Gasteiger partial charge in [-0.15, -0.1) is 11.3 Å². The first-order valence-electron chi connectivity index (χ1n) is 9.53. The molecule has 0 amide bonds. The molecule has 0 saturated carbocycles. The number of thiazole rings is 1. The normalized spacial score (nSPS) is 22.4. The van der Waals surface area contributed by atoms with E-state index in [9.17, 15) is 4.79 Å². The summed E-state index contributed by atoms with van der Waals surface area (Å²) in [5.41, 5.74) is 1.91. The van der Waals surface area contributed by atoms with E-state index in [4.69, 9.17) is 4.98 Å². The van der Waals surface area contributed by atoms with Crippen molar-refractivity contribution in [1.82, 2.24) is 19.4 Å². The molecule has 0 spiro atoms. The van der Waals surface area contributed by atoms with E-state index >= 15 is 0 Å². The maximum absolute atomic E-state index is 13.1. The second-order valence-corrected chi connectivity index (χ2v) is 8.75. The van der Waals surface area contributed by atoms with Crippen LogP contribution in [0, 0.1) is 6.92 Å². The molecular formula is C20H23N5OS. The number of aryl methyl sites for hydroxylation is 1. The Labute approximate surface area is 162 Å². The van der Waals surface area contributed by atoms with Crippen molar-refractivity contribution in [2.45, 2.75) is 25.8 Å². The van der Waals surface area contributed by atoms with E-state index in [1.54, 1.807) is 29.1 Å². The number of anilines is 1. The van der Waals surface area contributed by atoms with Gasteiger partial charge in [0.25, 0.3) is 5.56 Å². The lowest BCUT2D eigenvalue weighted by Crippen LogP contribution is -2.38. The van der Waals surface area contributed by atoms with Gasteiger partial charge in [-0.3, -0.25) is 9.36 Å². The molecule has 3 aliphatic rings. The van der Waals surface area contributed by atoms with Gasteiger partial charge in [-0.05, 0) is 38.0 Å². The van der Waals surface area contributed by atoms with Crippen molar-refractivity contribution in [2.24, 2.45) is 7.05 Å². The average molecular weight is 382 g/mol. The molecule has 0 radical (unpaired) electrons. The quantitative estimate of drug-likeness (QED) is 0.683. The number of fused-ring (bicyclic) bond motifs is 5. The molecule has 6 rings (SSSR count). The minimum atomic E-state index is 0.00535. The summed E-state index contributed by atoms with van der Waals surface area (Å²) < 4.78 is 1.65. The van der Waals surface area contributed by atoms with Gasteiger partial charge in [0, 0.05) is 51.2 Å². The lowest BCUT2D eigenvalue weighted by Gasteiger charge is -2.33. The number of piperidine rings is 1. The second-order valence-electron chi connectivity index (χ2n) is 7.51. The van der Waals surface area contributed by atoms with E-state index in [1.807, 2.05) is 19.1 Å². The highest BCUT2D eigenvalue weighted by Crippen LogP contribution is 2.29. The molecule has 2 aromatic heterocycles. The lowest BCUT2D eigenvalue weighted by atomic mass is 10.0. The summed E-state index contributed by atoms with van der Waals surface area (Å²) in [7, 11) is 1.80. The first-order chi connectivity index (χ1) is 13.1. The Morgan fingerprint density at radius 2 is 1.96 bits per heavy atom. The number of rotatable bonds is 2. The minimum absolute atomic E-state index is 0.00535. The third kappa shape index (κ3) is 2.85. The molecule has 5 heterocycles. The fraction of sp³-hybridized carbons (Fsp3) is 0.450. The van der Waals surface area contributed by atoms with Crippen LogP contribution in [0.1, 0.15) is 17.8 Å². The van der Waals surface area contributed by atoms with Crippen LogP contribution in [-0.2, 0) is 7.05 Å². The van der Waals surface area contributed by atoms with Crippen molar-refractivity contribution in [2.75, 3.05) is 31.1 Å². The Bertz CT molecular complexity index is 1060. The molecule has 3 fully saturated rings. The number of benzene rings is 1. The SMILES string of the molecule is Cc1ncc(-c2nc3ccc(N4CCN5CCC4CC5)cc3c(=O)n2C)s1. The van der Waals surface area contributed by atoms with Gasteiger partial charge in [-0.25, -0.2) is 9.97 Å². The van der Waals surface area contributed by atoms with Crippen LogP contribution in [0.5, 0.6) is 0 Å². The number of nitrogens with zero attached hydrogens (tertiary/aromatic N) is 5. The van der Waals surface area contributed by atoms with Crippen molar-refractivity contribution in [3.63, 3.8) is 0 Å². The molecule has 27 heavy (non-hydrogen) atoms. The van der Waals surface area contributed by atoms with Crippen molar-refractivity contribution in [3.05, 3.63) is 39.8 Å². The van der Waals surface area contributed by atoms with Crippen LogP contribution in [0.25, 0.3) is 21.6 Å². The standard InChI is InChI=1S/C20H23N5OS/c1-13-21-12-18(27-13)19-22-17-4-3-15(11-16(17)20(26)23(19)2)25-10-9-24-7-5-14(25)6-8-24/h3-4,11-12,14H,5-10H2,1-2H3. The van der Waals surface area contributed by atoms with Gasteiger partial charge in [-0.2, -0.15) is 0 Å². The molecule has 0 unspecified atom stereocenters. The molecule has 3 aliphatic heterocycles. The topological polar surface area (TPSA) is 54.3 Å². The van der Waals surface area contributed by atoms with Crippen LogP contribution in [0.15, 0.2) is 29.2 Å². The first kappa shape index (κ1) is 16.9. The van der Waals surface area contributed by atoms with Crippen molar-refractivity contribution < 1.29 is 0 Å². The van der Waals surface area contributed by atoms with Gasteiger partial charge in [0.1, 0.15) is 0 Å². The highest BCUT2D eigenvalue weighted by molar-refractivity contribution is 7.14. The highest BCUT2D eigenvalue weighted by atomic mass is 32.1. The van der Waals surface area contributed by atoms with Gasteiger partial charge < -0.3 is 9.80 Å². The number of hydrogen-bond donors (Lipinski definition) is 0. The van der Waals surface area contributed by atoms with E-state index in [0.717, 1.165) is 34.2 Å². The van der Waals surface area contributed by atoms with Crippen molar-refractivity contribution in [3.8, 4) is 10.7 Å². The van der Waals surface area contributed by atoms with Crippen molar-refractivity contribution in [1.29, 1.82) is 0 Å². The molecule has 0 N–H and O–H groups in total. The fourth-order valence-corrected chi connectivity index (χ4v) is 5.15. The number of aromatic nitrogens is 3. The molecule has 0 aliphatic carbocycles. The highest BCUT2D eigenvalue weighted by Gasteiger charge is 2.29. The Kier molecular flexibility index (Phi) is 4.02. The Morgan fingerprint density at radius 1 is 1.15 bits per heavy atom. The van der Waals surface area contributed by atoms with Gasteiger partial charge in [0.05, 0.1) is 20.8 Å². The van der Waals surface area contributed by atoms with Gasteiger partial charge in [0.15, 0.2) is 5.82 Å². The third-order valence-electron chi connectivity index (χ3n) is 5.89. The fourth-order valence-electron chi connectivity index (χ4n) is 4.35. The van der Waals surface area contributed by atoms with E-state index in [0.29, 0.717) is 17.3 Å². The Balaban J connectivity index is 1.60. The van der Waals surface area contributed by atoms with Gasteiger partial charge >= 0.3 is 0 Å². The summed E-state index contributed by atoms with van der Waals surface area (Å²) in [4.78, 5) is 28.1. The maximum atomic E-state index is 13.1. The zero-order chi connectivity index (χ0) is 18.5. The van der Waals surface area contributed by atoms with Crippen LogP contribution < -0.4 is 10.5 Å². The van der Waals surface area contributed by atoms with Crippen LogP contribution in [0.2, 0.25) is 0 Å². The summed E-state index contributed by atoms with van der Waals surface area (Å²) in [6.45, 7) is 6.48. The van der Waals surface area contributed by atoms with Crippen LogP contribution in [0.3, 0.4) is 0 Å². The monoisotopic (exact) mass is 381 g/mol. The summed E-state index contributed by atoms with van der Waals surface area (Å²) >= 11 is 1.56. The largest absolute Gasteiger partial charge is 0.367 e. The lowest BCUT2D eigenvalue weighted by molar-refractivity contribution is 0.250. The van der Waals surface area contributed by atoms with Crippen LogP contribution in [0.4, 0.5) is 5.69 Å². The minimum Gasteiger partial charge on any atom is -0.367 e. The van der Waals surface area contributed by atoms with E-state index in [2.05, 4.69) is 20.9 Å². The zero-order valence-electron chi connectivity index (χ0n) is 15.7. The van der Waals surface area contributed by atoms with Crippen LogP contribution in [-0.4, -0.2) is 51.7 Å². The molecule has 140 valence electrons. The molecule has 0 atom stereocenters. The smallest absolute Gasteiger partial charge is 0.261 e. The van der Waals surface area contributed by atoms with E-state index in [-0.39, 0.29) is 5.56 Å². The molecule has 3 saturated heterocycles. The second kappa shape index (κ2) is 6.42. The molecule has 7 heteroatoms. The molecule has 1 aromatic carbocycles. The summed E-state index contributed by atoms with van der Waals surface area (Å²) in [6, 6.07) is 6.75. The summed E-state index contributed by atoms with van der Waals surface area (Å²) in [6.07, 6.45) is 4.21. The summed E-state index contributed by atoms with van der Waals surface area (Å²) in [5.74, 6) is 0.687. The Morgan fingerprint density at radius 3 is 2.70 bits per heavy atom. The number of hydrogen-bond acceptors (Lipinski definition) is 6. The maximum Gasteiger partial charge on any atom is 0.261 e. The van der Waals surface area contributed by atoms with Gasteiger partial charge in [0.2, 0.25) is 0 Å². The molecule has 6 nitrogen and oxygen atoms in total. The predicted octanol–water partition coefficient (Wildman–Crippen LogP) is 2.65. The zero-order valence-corrected chi connectivity index (χ0v) is 16.5. The molecular weight excluding hydrogens is 358 g/mol. The van der Waals surface area contributed by atoms with Gasteiger partial charge in [-0.1, -0.05) is 0 Å². The van der Waals surface area contributed by atoms with E-state index in [1.165, 1.54) is 25.9 Å². The predicted molar refractivity (Wildman–Crippen MR) is 110 cm³/mol.